The molecule has 2 aromatic carbocycles. The van der Waals surface area contributed by atoms with Crippen LogP contribution in [0.4, 0.5) is 5.69 Å². The molecule has 1 heterocycles. The molecule has 0 saturated carbocycles. The number of amides is 1. The van der Waals surface area contributed by atoms with Crippen LogP contribution in [0, 0.1) is 13.8 Å². The Morgan fingerprint density at radius 1 is 1.11 bits per heavy atom. The lowest BCUT2D eigenvalue weighted by Crippen LogP contribution is -2.13. The number of aromatic nitrogens is 2. The number of hydrogen-bond acceptors (Lipinski definition) is 4. The lowest BCUT2D eigenvalue weighted by atomic mass is 10.2. The Morgan fingerprint density at radius 2 is 1.86 bits per heavy atom. The van der Waals surface area contributed by atoms with Crippen molar-refractivity contribution in [1.29, 1.82) is 0 Å². The molecule has 0 aliphatic heterocycles. The summed E-state index contributed by atoms with van der Waals surface area (Å²) in [6.45, 7) is 4.38. The van der Waals surface area contributed by atoms with Gasteiger partial charge in [0.1, 0.15) is 0 Å². The van der Waals surface area contributed by atoms with E-state index in [1.165, 1.54) is 0 Å². The summed E-state index contributed by atoms with van der Waals surface area (Å²) in [5.41, 5.74) is 3.98. The number of anilines is 1. The van der Waals surface area contributed by atoms with Gasteiger partial charge in [0.2, 0.25) is 0 Å². The summed E-state index contributed by atoms with van der Waals surface area (Å²) in [6.07, 6.45) is 0. The molecule has 3 aromatic rings. The minimum atomic E-state index is -0.168. The van der Waals surface area contributed by atoms with Gasteiger partial charge < -0.3 is 14.8 Å². The number of hydrogen-bond donors (Lipinski definition) is 1. The Bertz CT molecular complexity index is 1010. The zero-order valence-corrected chi connectivity index (χ0v) is 17.8. The number of benzene rings is 2. The van der Waals surface area contributed by atoms with Crippen LogP contribution in [0.3, 0.4) is 0 Å². The second kappa shape index (κ2) is 8.48. The highest BCUT2D eigenvalue weighted by Gasteiger charge is 2.16. The van der Waals surface area contributed by atoms with Gasteiger partial charge in [-0.1, -0.05) is 28.1 Å². The van der Waals surface area contributed by atoms with Crippen LogP contribution in [0.25, 0.3) is 0 Å². The van der Waals surface area contributed by atoms with Crippen molar-refractivity contribution in [3.8, 4) is 11.5 Å². The van der Waals surface area contributed by atoms with Crippen molar-refractivity contribution in [2.24, 2.45) is 0 Å². The fourth-order valence-corrected chi connectivity index (χ4v) is 3.40. The molecule has 1 N–H and O–H groups in total. The normalized spacial score (nSPS) is 10.6. The van der Waals surface area contributed by atoms with E-state index in [4.69, 9.17) is 9.47 Å². The Hall–Kier alpha value is -2.80. The maximum Gasteiger partial charge on any atom is 0.255 e. The van der Waals surface area contributed by atoms with Crippen LogP contribution in [0.1, 0.15) is 27.3 Å². The number of rotatable bonds is 6. The third-order valence-corrected chi connectivity index (χ3v) is 4.98. The van der Waals surface area contributed by atoms with Crippen LogP contribution in [0.2, 0.25) is 0 Å². The molecule has 7 heteroatoms. The van der Waals surface area contributed by atoms with Gasteiger partial charge in [0, 0.05) is 10.0 Å². The number of carbonyl (C=O) groups excluding carboxylic acids is 1. The molecule has 0 radical (unpaired) electrons. The van der Waals surface area contributed by atoms with E-state index < -0.39 is 0 Å². The van der Waals surface area contributed by atoms with E-state index in [9.17, 15) is 4.79 Å². The minimum Gasteiger partial charge on any atom is -0.493 e. The van der Waals surface area contributed by atoms with Crippen LogP contribution < -0.4 is 14.8 Å². The lowest BCUT2D eigenvalue weighted by Gasteiger charge is -2.11. The molecule has 6 nitrogen and oxygen atoms in total. The highest BCUT2D eigenvalue weighted by molar-refractivity contribution is 9.10. The van der Waals surface area contributed by atoms with E-state index >= 15 is 0 Å². The van der Waals surface area contributed by atoms with Crippen molar-refractivity contribution in [2.75, 3.05) is 19.5 Å². The molecule has 0 aliphatic carbocycles. The smallest absolute Gasteiger partial charge is 0.255 e. The third kappa shape index (κ3) is 4.20. The van der Waals surface area contributed by atoms with Crippen molar-refractivity contribution in [2.45, 2.75) is 20.4 Å². The summed E-state index contributed by atoms with van der Waals surface area (Å²) in [5.74, 6) is 1.18. The molecule has 0 bridgehead atoms. The molecule has 0 fully saturated rings. The predicted octanol–water partition coefficient (Wildman–Crippen LogP) is 4.58. The number of nitrogens with zero attached hydrogens (tertiary/aromatic N) is 2. The second-order valence-corrected chi connectivity index (χ2v) is 7.27. The fraction of sp³-hybridized carbons (Fsp3) is 0.238. The molecule has 0 saturated heterocycles. The summed E-state index contributed by atoms with van der Waals surface area (Å²) >= 11 is 3.39. The van der Waals surface area contributed by atoms with Crippen LogP contribution in [0.15, 0.2) is 46.9 Å². The maximum absolute atomic E-state index is 12.6. The Labute approximate surface area is 172 Å². The molecular formula is C21H22BrN3O3. The molecule has 0 spiro atoms. The zero-order valence-electron chi connectivity index (χ0n) is 16.2. The van der Waals surface area contributed by atoms with Gasteiger partial charge in [0.25, 0.3) is 5.91 Å². The zero-order chi connectivity index (χ0) is 20.3. The fourth-order valence-electron chi connectivity index (χ4n) is 3.00. The van der Waals surface area contributed by atoms with E-state index in [0.717, 1.165) is 27.1 Å². The molecule has 0 unspecified atom stereocenters. The van der Waals surface area contributed by atoms with Gasteiger partial charge in [-0.25, -0.2) is 0 Å². The number of carbonyl (C=O) groups is 1. The maximum atomic E-state index is 12.6. The summed E-state index contributed by atoms with van der Waals surface area (Å²) in [7, 11) is 3.22. The lowest BCUT2D eigenvalue weighted by molar-refractivity contribution is 0.102. The summed E-state index contributed by atoms with van der Waals surface area (Å²) in [6, 6.07) is 13.0. The van der Waals surface area contributed by atoms with Gasteiger partial charge in [0.15, 0.2) is 11.5 Å². The van der Waals surface area contributed by atoms with E-state index in [1.807, 2.05) is 48.9 Å². The second-order valence-electron chi connectivity index (χ2n) is 6.36. The molecular weight excluding hydrogens is 422 g/mol. The third-order valence-electron chi connectivity index (χ3n) is 4.49. The number of halogens is 1. The molecule has 3 rings (SSSR count). The first-order valence-electron chi connectivity index (χ1n) is 8.74. The van der Waals surface area contributed by atoms with Gasteiger partial charge in [-0.2, -0.15) is 5.10 Å². The molecule has 1 amide bonds. The summed E-state index contributed by atoms with van der Waals surface area (Å²) in [4.78, 5) is 12.6. The Morgan fingerprint density at radius 3 is 2.54 bits per heavy atom. The van der Waals surface area contributed by atoms with Gasteiger partial charge in [0.05, 0.1) is 37.8 Å². The first kappa shape index (κ1) is 19.9. The molecule has 1 aromatic heterocycles. The summed E-state index contributed by atoms with van der Waals surface area (Å²) in [5, 5.41) is 7.57. The monoisotopic (exact) mass is 443 g/mol. The average molecular weight is 444 g/mol. The van der Waals surface area contributed by atoms with Crippen molar-refractivity contribution < 1.29 is 14.3 Å². The highest BCUT2D eigenvalue weighted by atomic mass is 79.9. The molecule has 0 atom stereocenters. The van der Waals surface area contributed by atoms with Crippen LogP contribution in [-0.2, 0) is 6.54 Å². The predicted molar refractivity (Wildman–Crippen MR) is 112 cm³/mol. The SMILES string of the molecule is COc1ccc(Cn2nc(C)c(NC(=O)c3cccc(Br)c3)c2C)cc1OC. The number of methoxy groups -OCH3 is 2. The molecule has 146 valence electrons. The standard InChI is InChI=1S/C21H22BrN3O3/c1-13-20(23-21(26)16-6-5-7-17(22)11-16)14(2)25(24-13)12-15-8-9-18(27-3)19(10-15)28-4/h5-11H,12H2,1-4H3,(H,23,26). The van der Waals surface area contributed by atoms with E-state index in [2.05, 4.69) is 26.3 Å². The first-order chi connectivity index (χ1) is 13.4. The van der Waals surface area contributed by atoms with Gasteiger partial charge in [-0.05, 0) is 49.7 Å². The first-order valence-corrected chi connectivity index (χ1v) is 9.54. The number of ether oxygens (including phenoxy) is 2. The van der Waals surface area contributed by atoms with Crippen LogP contribution in [-0.4, -0.2) is 29.9 Å². The minimum absolute atomic E-state index is 0.168. The van der Waals surface area contributed by atoms with E-state index in [-0.39, 0.29) is 5.91 Å². The van der Waals surface area contributed by atoms with Crippen LogP contribution >= 0.6 is 15.9 Å². The Balaban J connectivity index is 1.83. The van der Waals surface area contributed by atoms with Crippen molar-refractivity contribution >= 4 is 27.5 Å². The van der Waals surface area contributed by atoms with Crippen molar-refractivity contribution in [1.82, 2.24) is 9.78 Å². The van der Waals surface area contributed by atoms with E-state index in [1.54, 1.807) is 26.4 Å². The molecule has 0 aliphatic rings. The van der Waals surface area contributed by atoms with Crippen LogP contribution in [0.5, 0.6) is 11.5 Å². The Kier molecular flexibility index (Phi) is 6.04. The van der Waals surface area contributed by atoms with Gasteiger partial charge >= 0.3 is 0 Å². The summed E-state index contributed by atoms with van der Waals surface area (Å²) < 4.78 is 13.4. The molecule has 28 heavy (non-hydrogen) atoms. The van der Waals surface area contributed by atoms with E-state index in [0.29, 0.717) is 23.6 Å². The van der Waals surface area contributed by atoms with Crippen molar-refractivity contribution in [3.05, 3.63) is 69.5 Å². The average Bonchev–Trinajstić information content (AvgIpc) is 2.95. The quantitative estimate of drug-likeness (QED) is 0.605. The van der Waals surface area contributed by atoms with Crippen molar-refractivity contribution in [3.63, 3.8) is 0 Å². The highest BCUT2D eigenvalue weighted by Crippen LogP contribution is 2.29. The van der Waals surface area contributed by atoms with Gasteiger partial charge in [-0.3, -0.25) is 9.48 Å². The largest absolute Gasteiger partial charge is 0.493 e. The number of aryl methyl sites for hydroxylation is 1. The topological polar surface area (TPSA) is 65.4 Å². The van der Waals surface area contributed by atoms with Gasteiger partial charge in [-0.15, -0.1) is 0 Å². The number of nitrogens with one attached hydrogen (secondary N) is 1.